The van der Waals surface area contributed by atoms with Crippen molar-refractivity contribution in [1.82, 2.24) is 9.91 Å². The van der Waals surface area contributed by atoms with Crippen LogP contribution in [0.2, 0.25) is 0 Å². The molecule has 0 aliphatic carbocycles. The molecule has 4 heteroatoms. The molecule has 1 heterocycles. The van der Waals surface area contributed by atoms with Crippen molar-refractivity contribution in [2.75, 3.05) is 19.6 Å². The van der Waals surface area contributed by atoms with Gasteiger partial charge in [0.05, 0.1) is 0 Å². The number of urea groups is 1. The van der Waals surface area contributed by atoms with Crippen molar-refractivity contribution in [3.63, 3.8) is 0 Å². The fraction of sp³-hybridized carbons (Fsp3) is 0.900. The van der Waals surface area contributed by atoms with Crippen molar-refractivity contribution in [3.8, 4) is 0 Å². The maximum absolute atomic E-state index is 11.5. The van der Waals surface area contributed by atoms with E-state index < -0.39 is 0 Å². The summed E-state index contributed by atoms with van der Waals surface area (Å²) in [5, 5.41) is 1.32. The van der Waals surface area contributed by atoms with Gasteiger partial charge in [0.1, 0.15) is 0 Å². The lowest BCUT2D eigenvalue weighted by molar-refractivity contribution is 0.129. The molecule has 1 rings (SSSR count). The summed E-state index contributed by atoms with van der Waals surface area (Å²) in [6.45, 7) is 4.63. The van der Waals surface area contributed by atoms with E-state index in [2.05, 4.69) is 6.92 Å². The number of rotatable bonds is 5. The molecule has 1 aliphatic heterocycles. The Morgan fingerprint density at radius 2 is 2.07 bits per heavy atom. The number of nitrogens with two attached hydrogens (primary N) is 1. The molecule has 2 N–H and O–H groups in total. The Kier molecular flexibility index (Phi) is 4.73. The van der Waals surface area contributed by atoms with Crippen LogP contribution in [0.4, 0.5) is 4.79 Å². The molecule has 1 aliphatic rings. The molecule has 0 aromatic heterocycles. The van der Waals surface area contributed by atoms with E-state index >= 15 is 0 Å². The highest BCUT2D eigenvalue weighted by Crippen LogP contribution is 2.08. The number of carbonyl (C=O) groups excluding carboxylic acids is 1. The second kappa shape index (κ2) is 5.86. The predicted molar refractivity (Wildman–Crippen MR) is 56.6 cm³/mol. The zero-order valence-corrected chi connectivity index (χ0v) is 9.04. The van der Waals surface area contributed by atoms with Gasteiger partial charge in [-0.05, 0) is 12.8 Å². The van der Waals surface area contributed by atoms with Gasteiger partial charge in [-0.25, -0.2) is 10.6 Å². The summed E-state index contributed by atoms with van der Waals surface area (Å²) < 4.78 is 0. The van der Waals surface area contributed by atoms with Crippen LogP contribution < -0.4 is 5.84 Å². The van der Waals surface area contributed by atoms with E-state index in [1.54, 1.807) is 0 Å². The molecule has 0 atom stereocenters. The first-order valence-corrected chi connectivity index (χ1v) is 5.57. The van der Waals surface area contributed by atoms with E-state index in [-0.39, 0.29) is 6.03 Å². The number of hydrogen-bond acceptors (Lipinski definition) is 2. The molecule has 0 saturated carbocycles. The monoisotopic (exact) mass is 199 g/mol. The lowest BCUT2D eigenvalue weighted by Gasteiger charge is -2.32. The van der Waals surface area contributed by atoms with Crippen LogP contribution in [-0.4, -0.2) is 35.6 Å². The Morgan fingerprint density at radius 3 is 2.79 bits per heavy atom. The molecule has 1 fully saturated rings. The third-order valence-corrected chi connectivity index (χ3v) is 2.62. The number of unbranched alkanes of at least 4 members (excludes halogenated alkanes) is 3. The van der Waals surface area contributed by atoms with Crippen molar-refractivity contribution < 1.29 is 4.79 Å². The summed E-state index contributed by atoms with van der Waals surface area (Å²) in [5.41, 5.74) is 0. The van der Waals surface area contributed by atoms with Gasteiger partial charge in [0.15, 0.2) is 0 Å². The fourth-order valence-electron chi connectivity index (χ4n) is 1.74. The summed E-state index contributed by atoms with van der Waals surface area (Å²) in [4.78, 5) is 13.4. The quantitative estimate of drug-likeness (QED) is 0.415. The zero-order valence-electron chi connectivity index (χ0n) is 9.04. The summed E-state index contributed by atoms with van der Waals surface area (Å²) in [6.07, 6.45) is 5.81. The highest BCUT2D eigenvalue weighted by atomic mass is 16.2. The van der Waals surface area contributed by atoms with Gasteiger partial charge in [-0.3, -0.25) is 5.01 Å². The third kappa shape index (κ3) is 3.18. The number of hydrazine groups is 1. The fourth-order valence-corrected chi connectivity index (χ4v) is 1.74. The van der Waals surface area contributed by atoms with Crippen LogP contribution in [0.3, 0.4) is 0 Å². The van der Waals surface area contributed by atoms with Gasteiger partial charge in [-0.15, -0.1) is 0 Å². The van der Waals surface area contributed by atoms with Crippen LogP contribution >= 0.6 is 0 Å². The third-order valence-electron chi connectivity index (χ3n) is 2.62. The summed E-state index contributed by atoms with van der Waals surface area (Å²) in [5.74, 6) is 5.54. The minimum atomic E-state index is -0.00671. The molecular formula is C10H21N3O. The van der Waals surface area contributed by atoms with Crippen LogP contribution in [0.1, 0.15) is 39.0 Å². The van der Waals surface area contributed by atoms with Gasteiger partial charge in [-0.1, -0.05) is 26.2 Å². The van der Waals surface area contributed by atoms with Crippen molar-refractivity contribution in [2.24, 2.45) is 5.84 Å². The number of amides is 2. The Hall–Kier alpha value is -0.770. The molecule has 0 unspecified atom stereocenters. The van der Waals surface area contributed by atoms with Gasteiger partial charge < -0.3 is 4.90 Å². The van der Waals surface area contributed by atoms with E-state index in [0.29, 0.717) is 6.54 Å². The van der Waals surface area contributed by atoms with E-state index in [1.807, 2.05) is 4.90 Å². The highest BCUT2D eigenvalue weighted by molar-refractivity contribution is 5.74. The van der Waals surface area contributed by atoms with Crippen LogP contribution in [0.25, 0.3) is 0 Å². The Morgan fingerprint density at radius 1 is 1.29 bits per heavy atom. The second-order valence-electron chi connectivity index (χ2n) is 3.88. The summed E-state index contributed by atoms with van der Waals surface area (Å²) in [6, 6.07) is -0.00671. The lowest BCUT2D eigenvalue weighted by atomic mass is 10.2. The average molecular weight is 199 g/mol. The predicted octanol–water partition coefficient (Wildman–Crippen LogP) is 1.57. The molecule has 1 saturated heterocycles. The summed E-state index contributed by atoms with van der Waals surface area (Å²) in [7, 11) is 0. The van der Waals surface area contributed by atoms with Gasteiger partial charge in [0, 0.05) is 19.6 Å². The normalized spacial score (nSPS) is 17.7. The van der Waals surface area contributed by atoms with E-state index in [1.165, 1.54) is 24.3 Å². The van der Waals surface area contributed by atoms with Crippen molar-refractivity contribution in [3.05, 3.63) is 0 Å². The van der Waals surface area contributed by atoms with Gasteiger partial charge >= 0.3 is 6.03 Å². The van der Waals surface area contributed by atoms with E-state index in [0.717, 1.165) is 25.9 Å². The van der Waals surface area contributed by atoms with Gasteiger partial charge in [-0.2, -0.15) is 0 Å². The van der Waals surface area contributed by atoms with E-state index in [9.17, 15) is 4.79 Å². The van der Waals surface area contributed by atoms with E-state index in [4.69, 9.17) is 5.84 Å². The Balaban J connectivity index is 2.19. The zero-order chi connectivity index (χ0) is 10.4. The molecule has 0 aromatic carbocycles. The van der Waals surface area contributed by atoms with Gasteiger partial charge in [0.2, 0.25) is 0 Å². The minimum absolute atomic E-state index is 0.00671. The van der Waals surface area contributed by atoms with Crippen LogP contribution in [-0.2, 0) is 0 Å². The largest absolute Gasteiger partial charge is 0.334 e. The highest BCUT2D eigenvalue weighted by Gasteiger charge is 2.22. The van der Waals surface area contributed by atoms with Crippen molar-refractivity contribution in [1.29, 1.82) is 0 Å². The van der Waals surface area contributed by atoms with Crippen molar-refractivity contribution in [2.45, 2.75) is 39.0 Å². The first-order chi connectivity index (χ1) is 6.75. The number of nitrogens with zero attached hydrogens (tertiary/aromatic N) is 2. The molecule has 4 nitrogen and oxygen atoms in total. The lowest BCUT2D eigenvalue weighted by Crippen LogP contribution is -2.52. The van der Waals surface area contributed by atoms with Crippen LogP contribution in [0.5, 0.6) is 0 Å². The maximum atomic E-state index is 11.5. The Labute approximate surface area is 86.0 Å². The molecule has 0 aromatic rings. The van der Waals surface area contributed by atoms with Crippen LogP contribution in [0.15, 0.2) is 0 Å². The second-order valence-corrected chi connectivity index (χ2v) is 3.88. The molecule has 14 heavy (non-hydrogen) atoms. The molecule has 0 radical (unpaired) electrons. The molecule has 0 bridgehead atoms. The maximum Gasteiger partial charge on any atom is 0.334 e. The standard InChI is InChI=1S/C10H21N3O/c1-2-3-4-5-7-12-8-6-9-13(11)10(12)14/h2-9,11H2,1H3. The molecular weight excluding hydrogens is 178 g/mol. The molecule has 82 valence electrons. The summed E-state index contributed by atoms with van der Waals surface area (Å²) >= 11 is 0. The Bertz CT molecular complexity index is 184. The average Bonchev–Trinajstić information content (AvgIpc) is 2.19. The molecule has 2 amide bonds. The van der Waals surface area contributed by atoms with Crippen molar-refractivity contribution >= 4 is 6.03 Å². The first kappa shape index (κ1) is 11.3. The number of carbonyl (C=O) groups is 1. The minimum Gasteiger partial charge on any atom is -0.323 e. The van der Waals surface area contributed by atoms with Crippen LogP contribution in [0, 0.1) is 0 Å². The number of hydrogen-bond donors (Lipinski definition) is 1. The molecule has 0 spiro atoms. The first-order valence-electron chi connectivity index (χ1n) is 5.57. The van der Waals surface area contributed by atoms with Gasteiger partial charge in [0.25, 0.3) is 0 Å². The topological polar surface area (TPSA) is 49.6 Å². The smallest absolute Gasteiger partial charge is 0.323 e. The SMILES string of the molecule is CCCCCCN1CCCN(N)C1=O.